The lowest BCUT2D eigenvalue weighted by Gasteiger charge is -2.34. The fourth-order valence-corrected chi connectivity index (χ4v) is 3.78. The first-order valence-corrected chi connectivity index (χ1v) is 10.6. The number of nitrogens with zero attached hydrogens (tertiary/aromatic N) is 2. The lowest BCUT2D eigenvalue weighted by atomic mass is 10.1. The number of piperazine rings is 1. The van der Waals surface area contributed by atoms with Crippen LogP contribution in [0, 0.1) is 6.92 Å². The van der Waals surface area contributed by atoms with Gasteiger partial charge in [-0.25, -0.2) is 0 Å². The van der Waals surface area contributed by atoms with Gasteiger partial charge in [0.2, 0.25) is 5.91 Å². The summed E-state index contributed by atoms with van der Waals surface area (Å²) < 4.78 is 10.6. The van der Waals surface area contributed by atoms with Crippen molar-refractivity contribution in [1.82, 2.24) is 15.1 Å². The van der Waals surface area contributed by atoms with Gasteiger partial charge in [-0.05, 0) is 42.2 Å². The van der Waals surface area contributed by atoms with Crippen molar-refractivity contribution in [3.05, 3.63) is 59.2 Å². The van der Waals surface area contributed by atoms with Crippen LogP contribution in [0.15, 0.2) is 42.5 Å². The van der Waals surface area contributed by atoms with Crippen LogP contribution >= 0.6 is 0 Å². The summed E-state index contributed by atoms with van der Waals surface area (Å²) in [5.41, 5.74) is 3.84. The molecule has 30 heavy (non-hydrogen) atoms. The Kier molecular flexibility index (Phi) is 8.11. The molecule has 0 aromatic heterocycles. The minimum absolute atomic E-state index is 0.0860. The van der Waals surface area contributed by atoms with E-state index in [4.69, 9.17) is 9.47 Å². The molecule has 0 spiro atoms. The summed E-state index contributed by atoms with van der Waals surface area (Å²) in [7, 11) is 3.25. The van der Waals surface area contributed by atoms with E-state index < -0.39 is 0 Å². The number of aryl methyl sites for hydroxylation is 1. The quantitative estimate of drug-likeness (QED) is 0.687. The van der Waals surface area contributed by atoms with E-state index >= 15 is 0 Å². The van der Waals surface area contributed by atoms with Crippen molar-refractivity contribution >= 4 is 5.91 Å². The molecule has 6 heteroatoms. The van der Waals surface area contributed by atoms with Crippen LogP contribution < -0.4 is 14.8 Å². The van der Waals surface area contributed by atoms with Gasteiger partial charge in [0, 0.05) is 39.3 Å². The molecule has 1 saturated heterocycles. The number of methoxy groups -OCH3 is 2. The van der Waals surface area contributed by atoms with Crippen LogP contribution in [0.2, 0.25) is 0 Å². The third-order valence-electron chi connectivity index (χ3n) is 5.67. The molecule has 0 saturated carbocycles. The number of hydrogen-bond acceptors (Lipinski definition) is 5. The second-order valence-corrected chi connectivity index (χ2v) is 7.77. The van der Waals surface area contributed by atoms with Gasteiger partial charge in [-0.1, -0.05) is 30.3 Å². The van der Waals surface area contributed by atoms with Gasteiger partial charge in [0.1, 0.15) is 0 Å². The van der Waals surface area contributed by atoms with E-state index in [1.165, 1.54) is 11.1 Å². The van der Waals surface area contributed by atoms with Crippen molar-refractivity contribution < 1.29 is 14.3 Å². The highest BCUT2D eigenvalue weighted by Gasteiger charge is 2.19. The van der Waals surface area contributed by atoms with Gasteiger partial charge < -0.3 is 14.8 Å². The smallest absolute Gasteiger partial charge is 0.234 e. The van der Waals surface area contributed by atoms with E-state index in [1.807, 2.05) is 18.2 Å². The number of carbonyl (C=O) groups is 1. The SMILES string of the molecule is COc1ccc(CCNC(=O)CN2CCN(Cc3ccccc3C)CC2)cc1OC. The van der Waals surface area contributed by atoms with Gasteiger partial charge in [0.05, 0.1) is 20.8 Å². The second kappa shape index (κ2) is 11.0. The van der Waals surface area contributed by atoms with Crippen LogP contribution in [0.25, 0.3) is 0 Å². The number of hydrogen-bond donors (Lipinski definition) is 1. The van der Waals surface area contributed by atoms with Crippen molar-refractivity contribution in [3.8, 4) is 11.5 Å². The topological polar surface area (TPSA) is 54.0 Å². The standard InChI is InChI=1S/C24H33N3O3/c1-19-6-4-5-7-21(19)17-26-12-14-27(15-13-26)18-24(28)25-11-10-20-8-9-22(29-2)23(16-20)30-3/h4-9,16H,10-15,17-18H2,1-3H3,(H,25,28). The average molecular weight is 412 g/mol. The molecular weight excluding hydrogens is 378 g/mol. The minimum Gasteiger partial charge on any atom is -0.493 e. The number of ether oxygens (including phenoxy) is 2. The Bertz CT molecular complexity index is 832. The summed E-state index contributed by atoms with van der Waals surface area (Å²) in [5.74, 6) is 1.51. The molecule has 1 N–H and O–H groups in total. The summed E-state index contributed by atoms with van der Waals surface area (Å²) in [5, 5.41) is 3.04. The molecule has 1 fully saturated rings. The zero-order valence-corrected chi connectivity index (χ0v) is 18.3. The lowest BCUT2D eigenvalue weighted by Crippen LogP contribution is -2.49. The van der Waals surface area contributed by atoms with Gasteiger partial charge in [-0.2, -0.15) is 0 Å². The summed E-state index contributed by atoms with van der Waals surface area (Å²) in [6.45, 7) is 8.06. The highest BCUT2D eigenvalue weighted by molar-refractivity contribution is 5.78. The Labute approximate surface area is 179 Å². The van der Waals surface area contributed by atoms with E-state index in [1.54, 1.807) is 14.2 Å². The monoisotopic (exact) mass is 411 g/mol. The Morgan fingerprint density at radius 2 is 1.67 bits per heavy atom. The van der Waals surface area contributed by atoms with Crippen LogP contribution in [-0.2, 0) is 17.8 Å². The molecule has 0 unspecified atom stereocenters. The van der Waals surface area contributed by atoms with Crippen LogP contribution in [0.3, 0.4) is 0 Å². The maximum absolute atomic E-state index is 12.3. The second-order valence-electron chi connectivity index (χ2n) is 7.77. The molecule has 1 heterocycles. The maximum Gasteiger partial charge on any atom is 0.234 e. The van der Waals surface area contributed by atoms with Crippen molar-refractivity contribution in [2.24, 2.45) is 0 Å². The predicted molar refractivity (Wildman–Crippen MR) is 119 cm³/mol. The van der Waals surface area contributed by atoms with E-state index in [0.29, 0.717) is 24.6 Å². The first kappa shape index (κ1) is 22.1. The first-order valence-electron chi connectivity index (χ1n) is 10.6. The summed E-state index contributed by atoms with van der Waals surface area (Å²) >= 11 is 0. The lowest BCUT2D eigenvalue weighted by molar-refractivity contribution is -0.122. The molecule has 0 bridgehead atoms. The average Bonchev–Trinajstić information content (AvgIpc) is 2.76. The predicted octanol–water partition coefficient (Wildman–Crippen LogP) is 2.49. The first-order chi connectivity index (χ1) is 14.6. The van der Waals surface area contributed by atoms with E-state index in [9.17, 15) is 4.79 Å². The minimum atomic E-state index is 0.0860. The number of amides is 1. The van der Waals surface area contributed by atoms with Crippen molar-refractivity contribution in [3.63, 3.8) is 0 Å². The molecular formula is C24H33N3O3. The Morgan fingerprint density at radius 1 is 0.967 bits per heavy atom. The summed E-state index contributed by atoms with van der Waals surface area (Å²) in [6.07, 6.45) is 0.760. The highest BCUT2D eigenvalue weighted by atomic mass is 16.5. The van der Waals surface area contributed by atoms with Crippen LogP contribution in [-0.4, -0.2) is 69.2 Å². The molecule has 6 nitrogen and oxygen atoms in total. The Balaban J connectivity index is 1.36. The van der Waals surface area contributed by atoms with Gasteiger partial charge in [-0.15, -0.1) is 0 Å². The molecule has 0 atom stereocenters. The highest BCUT2D eigenvalue weighted by Crippen LogP contribution is 2.27. The Hall–Kier alpha value is -2.57. The van der Waals surface area contributed by atoms with Crippen LogP contribution in [0.4, 0.5) is 0 Å². The van der Waals surface area contributed by atoms with E-state index in [0.717, 1.165) is 44.7 Å². The number of carbonyl (C=O) groups excluding carboxylic acids is 1. The molecule has 3 rings (SSSR count). The zero-order valence-electron chi connectivity index (χ0n) is 18.3. The normalized spacial score (nSPS) is 15.0. The number of benzene rings is 2. The fourth-order valence-electron chi connectivity index (χ4n) is 3.78. The van der Waals surface area contributed by atoms with E-state index in [2.05, 4.69) is 46.3 Å². The van der Waals surface area contributed by atoms with Gasteiger partial charge in [0.15, 0.2) is 11.5 Å². The molecule has 2 aromatic carbocycles. The largest absolute Gasteiger partial charge is 0.493 e. The summed E-state index contributed by atoms with van der Waals surface area (Å²) in [6, 6.07) is 14.4. The summed E-state index contributed by atoms with van der Waals surface area (Å²) in [4.78, 5) is 17.0. The zero-order chi connectivity index (χ0) is 21.3. The molecule has 1 aliphatic heterocycles. The molecule has 0 aliphatic carbocycles. The van der Waals surface area contributed by atoms with Gasteiger partial charge >= 0.3 is 0 Å². The van der Waals surface area contributed by atoms with Crippen molar-refractivity contribution in [2.45, 2.75) is 19.9 Å². The van der Waals surface area contributed by atoms with Gasteiger partial charge in [0.25, 0.3) is 0 Å². The third-order valence-corrected chi connectivity index (χ3v) is 5.67. The molecule has 2 aromatic rings. The number of rotatable bonds is 9. The molecule has 1 aliphatic rings. The van der Waals surface area contributed by atoms with Crippen LogP contribution in [0.5, 0.6) is 11.5 Å². The molecule has 162 valence electrons. The number of nitrogens with one attached hydrogen (secondary N) is 1. The third kappa shape index (κ3) is 6.21. The van der Waals surface area contributed by atoms with Crippen LogP contribution in [0.1, 0.15) is 16.7 Å². The molecule has 0 radical (unpaired) electrons. The molecule has 1 amide bonds. The van der Waals surface area contributed by atoms with Crippen molar-refractivity contribution in [1.29, 1.82) is 0 Å². The van der Waals surface area contributed by atoms with Crippen molar-refractivity contribution in [2.75, 3.05) is 53.5 Å². The Morgan fingerprint density at radius 3 is 2.37 bits per heavy atom. The van der Waals surface area contributed by atoms with E-state index in [-0.39, 0.29) is 5.91 Å². The van der Waals surface area contributed by atoms with Gasteiger partial charge in [-0.3, -0.25) is 14.6 Å². The fraction of sp³-hybridized carbons (Fsp3) is 0.458. The maximum atomic E-state index is 12.3.